The third-order valence-electron chi connectivity index (χ3n) is 2.18. The van der Waals surface area contributed by atoms with Crippen LogP contribution >= 0.6 is 11.3 Å². The van der Waals surface area contributed by atoms with Gasteiger partial charge in [0.15, 0.2) is 0 Å². The molecule has 0 atom stereocenters. The van der Waals surface area contributed by atoms with Crippen LogP contribution < -0.4 is 5.43 Å². The maximum Gasteiger partial charge on any atom is 0.240 e. The van der Waals surface area contributed by atoms with Gasteiger partial charge >= 0.3 is 0 Å². The van der Waals surface area contributed by atoms with Crippen molar-refractivity contribution in [2.75, 3.05) is 0 Å². The van der Waals surface area contributed by atoms with Gasteiger partial charge in [-0.1, -0.05) is 32.3 Å². The number of nitrogens with zero attached hydrogens (tertiary/aromatic N) is 1. The molecule has 0 radical (unpaired) electrons. The molecule has 1 aromatic rings. The Labute approximate surface area is 101 Å². The third-order valence-corrected chi connectivity index (χ3v) is 2.99. The smallest absolute Gasteiger partial charge is 0.240 e. The first kappa shape index (κ1) is 12.9. The number of amides is 1. The van der Waals surface area contributed by atoms with E-state index in [1.54, 1.807) is 17.6 Å². The Morgan fingerprint density at radius 1 is 1.50 bits per heavy atom. The summed E-state index contributed by atoms with van der Waals surface area (Å²) in [6.07, 6.45) is 6.72. The van der Waals surface area contributed by atoms with E-state index in [1.807, 2.05) is 17.5 Å². The monoisotopic (exact) mass is 238 g/mol. The van der Waals surface area contributed by atoms with E-state index in [9.17, 15) is 4.79 Å². The van der Waals surface area contributed by atoms with Gasteiger partial charge in [0.25, 0.3) is 0 Å². The average molecular weight is 238 g/mol. The summed E-state index contributed by atoms with van der Waals surface area (Å²) in [5.74, 6) is 0.00362. The molecule has 0 fully saturated rings. The molecule has 0 saturated carbocycles. The molecule has 0 aromatic carbocycles. The lowest BCUT2D eigenvalue weighted by atomic mass is 10.1. The summed E-state index contributed by atoms with van der Waals surface area (Å²) in [6.45, 7) is 2.16. The van der Waals surface area contributed by atoms with Crippen LogP contribution in [0.2, 0.25) is 0 Å². The van der Waals surface area contributed by atoms with E-state index in [-0.39, 0.29) is 5.91 Å². The van der Waals surface area contributed by atoms with Crippen LogP contribution in [0.4, 0.5) is 0 Å². The van der Waals surface area contributed by atoms with Gasteiger partial charge in [0.2, 0.25) is 5.91 Å². The number of rotatable bonds is 7. The predicted octanol–water partition coefficient (Wildman–Crippen LogP) is 3.17. The van der Waals surface area contributed by atoms with Crippen molar-refractivity contribution in [2.45, 2.75) is 39.0 Å². The lowest BCUT2D eigenvalue weighted by Gasteiger charge is -1.98. The molecule has 0 aliphatic heterocycles. The number of hydrazone groups is 1. The van der Waals surface area contributed by atoms with Gasteiger partial charge in [0.05, 0.1) is 6.21 Å². The summed E-state index contributed by atoms with van der Waals surface area (Å²) in [5, 5.41) is 5.88. The molecule has 0 aliphatic rings. The fraction of sp³-hybridized carbons (Fsp3) is 0.500. The van der Waals surface area contributed by atoms with Crippen molar-refractivity contribution in [1.82, 2.24) is 5.43 Å². The molecule has 16 heavy (non-hydrogen) atoms. The van der Waals surface area contributed by atoms with Crippen LogP contribution in [0.15, 0.2) is 22.6 Å². The summed E-state index contributed by atoms with van der Waals surface area (Å²) in [5.41, 5.74) is 2.54. The normalized spacial score (nSPS) is 10.8. The molecule has 1 N–H and O–H groups in total. The molecule has 1 aromatic heterocycles. The maximum absolute atomic E-state index is 11.3. The lowest BCUT2D eigenvalue weighted by Crippen LogP contribution is -2.16. The number of carbonyl (C=O) groups is 1. The molecule has 0 unspecified atom stereocenters. The fourth-order valence-electron chi connectivity index (χ4n) is 1.30. The highest BCUT2D eigenvalue weighted by atomic mass is 32.1. The molecule has 0 saturated heterocycles. The molecule has 1 rings (SSSR count). The molecule has 1 heterocycles. The zero-order valence-corrected chi connectivity index (χ0v) is 10.4. The first-order chi connectivity index (χ1) is 7.83. The van der Waals surface area contributed by atoms with Gasteiger partial charge in [0, 0.05) is 11.3 Å². The van der Waals surface area contributed by atoms with Crippen molar-refractivity contribution in [3.05, 3.63) is 22.4 Å². The minimum atomic E-state index is 0.00362. The Kier molecular flexibility index (Phi) is 6.49. The van der Waals surface area contributed by atoms with Gasteiger partial charge < -0.3 is 0 Å². The quantitative estimate of drug-likeness (QED) is 0.442. The maximum atomic E-state index is 11.3. The highest BCUT2D eigenvalue weighted by Crippen LogP contribution is 2.04. The summed E-state index contributed by atoms with van der Waals surface area (Å²) >= 11 is 1.60. The van der Waals surface area contributed by atoms with Crippen molar-refractivity contribution in [3.8, 4) is 0 Å². The molecule has 0 bridgehead atoms. The Morgan fingerprint density at radius 3 is 3.06 bits per heavy atom. The number of unbranched alkanes of at least 4 members (excludes halogenated alkanes) is 3. The van der Waals surface area contributed by atoms with E-state index in [4.69, 9.17) is 0 Å². The van der Waals surface area contributed by atoms with Gasteiger partial charge in [0.1, 0.15) is 0 Å². The van der Waals surface area contributed by atoms with Crippen LogP contribution in [-0.4, -0.2) is 12.1 Å². The molecule has 0 aliphatic carbocycles. The molecule has 88 valence electrons. The van der Waals surface area contributed by atoms with Gasteiger partial charge in [-0.05, 0) is 17.9 Å². The van der Waals surface area contributed by atoms with Gasteiger partial charge in [-0.25, -0.2) is 5.43 Å². The fourth-order valence-corrected chi connectivity index (χ4v) is 1.89. The molecule has 3 nitrogen and oxygen atoms in total. The summed E-state index contributed by atoms with van der Waals surface area (Å²) in [7, 11) is 0. The number of thiophene rings is 1. The zero-order valence-electron chi connectivity index (χ0n) is 9.61. The van der Waals surface area contributed by atoms with E-state index in [2.05, 4.69) is 17.5 Å². The lowest BCUT2D eigenvalue weighted by molar-refractivity contribution is -0.121. The molecular weight excluding hydrogens is 220 g/mol. The SMILES string of the molecule is CCCCCCC(=O)NN=Cc1cccs1. The molecule has 4 heteroatoms. The highest BCUT2D eigenvalue weighted by Gasteiger charge is 1.98. The Balaban J connectivity index is 2.10. The second-order valence-electron chi connectivity index (χ2n) is 3.62. The molecular formula is C12H18N2OS. The van der Waals surface area contributed by atoms with Crippen molar-refractivity contribution >= 4 is 23.5 Å². The zero-order chi connectivity index (χ0) is 11.6. The van der Waals surface area contributed by atoms with Crippen LogP contribution in [0.25, 0.3) is 0 Å². The second kappa shape index (κ2) is 8.05. The van der Waals surface area contributed by atoms with Gasteiger partial charge in [-0.2, -0.15) is 5.10 Å². The van der Waals surface area contributed by atoms with Crippen LogP contribution in [0.1, 0.15) is 43.9 Å². The minimum absolute atomic E-state index is 0.00362. The average Bonchev–Trinajstić information content (AvgIpc) is 2.77. The summed E-state index contributed by atoms with van der Waals surface area (Å²) < 4.78 is 0. The Hall–Kier alpha value is -1.16. The Morgan fingerprint density at radius 2 is 2.38 bits per heavy atom. The van der Waals surface area contributed by atoms with Crippen molar-refractivity contribution < 1.29 is 4.79 Å². The number of nitrogens with one attached hydrogen (secondary N) is 1. The first-order valence-electron chi connectivity index (χ1n) is 5.68. The van der Waals surface area contributed by atoms with Crippen LogP contribution in [-0.2, 0) is 4.79 Å². The third kappa shape index (κ3) is 5.66. The van der Waals surface area contributed by atoms with E-state index >= 15 is 0 Å². The summed E-state index contributed by atoms with van der Waals surface area (Å²) in [6, 6.07) is 3.92. The van der Waals surface area contributed by atoms with E-state index in [0.29, 0.717) is 6.42 Å². The standard InChI is InChI=1S/C12H18N2OS/c1-2-3-4-5-8-12(15)14-13-10-11-7-6-9-16-11/h6-7,9-10H,2-5,8H2,1H3,(H,14,15). The van der Waals surface area contributed by atoms with Crippen LogP contribution in [0.5, 0.6) is 0 Å². The highest BCUT2D eigenvalue weighted by molar-refractivity contribution is 7.11. The Bertz CT molecular complexity index is 320. The van der Waals surface area contributed by atoms with E-state index < -0.39 is 0 Å². The largest absolute Gasteiger partial charge is 0.273 e. The van der Waals surface area contributed by atoms with Crippen molar-refractivity contribution in [1.29, 1.82) is 0 Å². The predicted molar refractivity (Wildman–Crippen MR) is 68.8 cm³/mol. The number of hydrogen-bond acceptors (Lipinski definition) is 3. The summed E-state index contributed by atoms with van der Waals surface area (Å²) in [4.78, 5) is 12.4. The minimum Gasteiger partial charge on any atom is -0.273 e. The number of carbonyl (C=O) groups excluding carboxylic acids is 1. The number of hydrogen-bond donors (Lipinski definition) is 1. The van der Waals surface area contributed by atoms with Crippen molar-refractivity contribution in [3.63, 3.8) is 0 Å². The van der Waals surface area contributed by atoms with Crippen LogP contribution in [0.3, 0.4) is 0 Å². The molecule has 1 amide bonds. The molecule has 0 spiro atoms. The van der Waals surface area contributed by atoms with Gasteiger partial charge in [-0.3, -0.25) is 4.79 Å². The topological polar surface area (TPSA) is 41.5 Å². The first-order valence-corrected chi connectivity index (χ1v) is 6.56. The van der Waals surface area contributed by atoms with Crippen molar-refractivity contribution in [2.24, 2.45) is 5.10 Å². The second-order valence-corrected chi connectivity index (χ2v) is 4.60. The van der Waals surface area contributed by atoms with Crippen LogP contribution in [0, 0.1) is 0 Å². The van der Waals surface area contributed by atoms with Gasteiger partial charge in [-0.15, -0.1) is 11.3 Å². The van der Waals surface area contributed by atoms with E-state index in [0.717, 1.165) is 17.7 Å². The van der Waals surface area contributed by atoms with E-state index in [1.165, 1.54) is 12.8 Å².